The van der Waals surface area contributed by atoms with Gasteiger partial charge in [-0.15, -0.1) is 0 Å². The molecule has 2 amide bonds. The van der Waals surface area contributed by atoms with E-state index in [1.807, 2.05) is 54.0 Å². The van der Waals surface area contributed by atoms with Crippen LogP contribution in [-0.2, 0) is 16.1 Å². The van der Waals surface area contributed by atoms with Crippen LogP contribution in [-0.4, -0.2) is 27.4 Å². The number of aromatic nitrogens is 2. The standard InChI is InChI=1S/C19H17IN4O2/c1-2-23-16-10-6-4-8-13(16)21-19(23)22-14-11-17(25)24(18(14)26)15-9-5-3-7-12(15)20/h3-10,14H,2,11H2,1H3,(H,21,22). The van der Waals surface area contributed by atoms with Gasteiger partial charge in [-0.3, -0.25) is 9.59 Å². The molecule has 0 aliphatic carbocycles. The van der Waals surface area contributed by atoms with Crippen molar-refractivity contribution in [3.8, 4) is 0 Å². The maximum absolute atomic E-state index is 12.9. The summed E-state index contributed by atoms with van der Waals surface area (Å²) in [5.41, 5.74) is 2.50. The lowest BCUT2D eigenvalue weighted by Crippen LogP contribution is -2.35. The zero-order chi connectivity index (χ0) is 18.3. The van der Waals surface area contributed by atoms with Gasteiger partial charge in [-0.25, -0.2) is 9.88 Å². The first-order valence-electron chi connectivity index (χ1n) is 8.43. The number of nitrogens with one attached hydrogen (secondary N) is 1. The number of imide groups is 1. The molecule has 1 aromatic heterocycles. The number of carbonyl (C=O) groups is 2. The summed E-state index contributed by atoms with van der Waals surface area (Å²) >= 11 is 2.14. The Hall–Kier alpha value is -2.42. The number of para-hydroxylation sites is 3. The number of amides is 2. The number of aryl methyl sites for hydroxylation is 1. The van der Waals surface area contributed by atoms with E-state index >= 15 is 0 Å². The van der Waals surface area contributed by atoms with E-state index in [0.717, 1.165) is 21.1 Å². The van der Waals surface area contributed by atoms with Crippen molar-refractivity contribution in [1.82, 2.24) is 9.55 Å². The van der Waals surface area contributed by atoms with Gasteiger partial charge < -0.3 is 9.88 Å². The van der Waals surface area contributed by atoms with Crippen molar-refractivity contribution in [3.63, 3.8) is 0 Å². The molecule has 0 spiro atoms. The monoisotopic (exact) mass is 460 g/mol. The third kappa shape index (κ3) is 2.76. The fraction of sp³-hybridized carbons (Fsp3) is 0.211. The molecule has 1 saturated heterocycles. The average Bonchev–Trinajstić information content (AvgIpc) is 3.12. The highest BCUT2D eigenvalue weighted by atomic mass is 127. The van der Waals surface area contributed by atoms with Gasteiger partial charge in [-0.1, -0.05) is 24.3 Å². The number of hydrogen-bond acceptors (Lipinski definition) is 4. The molecule has 1 atom stereocenters. The molecule has 0 bridgehead atoms. The minimum Gasteiger partial charge on any atom is -0.343 e. The van der Waals surface area contributed by atoms with Crippen molar-refractivity contribution in [2.45, 2.75) is 25.9 Å². The largest absolute Gasteiger partial charge is 0.343 e. The molecule has 1 N–H and O–H groups in total. The molecule has 0 radical (unpaired) electrons. The van der Waals surface area contributed by atoms with Crippen LogP contribution in [0, 0.1) is 3.57 Å². The number of anilines is 2. The molecule has 3 aromatic rings. The smallest absolute Gasteiger partial charge is 0.256 e. The minimum atomic E-state index is -0.611. The van der Waals surface area contributed by atoms with Gasteiger partial charge in [0.05, 0.1) is 23.1 Å². The fourth-order valence-corrected chi connectivity index (χ4v) is 3.92. The van der Waals surface area contributed by atoms with Crippen molar-refractivity contribution in [2.24, 2.45) is 0 Å². The van der Waals surface area contributed by atoms with Crippen LogP contribution in [0.4, 0.5) is 11.6 Å². The molecule has 26 heavy (non-hydrogen) atoms. The van der Waals surface area contributed by atoms with E-state index in [2.05, 4.69) is 32.9 Å². The van der Waals surface area contributed by atoms with Gasteiger partial charge in [0, 0.05) is 10.1 Å². The first-order valence-corrected chi connectivity index (χ1v) is 9.51. The molecule has 7 heteroatoms. The first-order chi connectivity index (χ1) is 12.6. The number of imidazole rings is 1. The molecule has 0 saturated carbocycles. The van der Waals surface area contributed by atoms with Gasteiger partial charge in [-0.2, -0.15) is 0 Å². The Morgan fingerprint density at radius 3 is 2.65 bits per heavy atom. The van der Waals surface area contributed by atoms with Gasteiger partial charge >= 0.3 is 0 Å². The van der Waals surface area contributed by atoms with Gasteiger partial charge in [0.2, 0.25) is 11.9 Å². The van der Waals surface area contributed by atoms with Crippen LogP contribution in [0.2, 0.25) is 0 Å². The Labute approximate surface area is 164 Å². The molecular formula is C19H17IN4O2. The van der Waals surface area contributed by atoms with Crippen molar-refractivity contribution in [3.05, 3.63) is 52.1 Å². The number of rotatable bonds is 4. The summed E-state index contributed by atoms with van der Waals surface area (Å²) in [5, 5.41) is 3.19. The van der Waals surface area contributed by atoms with E-state index in [4.69, 9.17) is 0 Å². The van der Waals surface area contributed by atoms with E-state index in [9.17, 15) is 9.59 Å². The van der Waals surface area contributed by atoms with Gasteiger partial charge in [0.25, 0.3) is 5.91 Å². The number of fused-ring (bicyclic) bond motifs is 1. The SMILES string of the molecule is CCn1c(NC2CC(=O)N(c3ccccc3I)C2=O)nc2ccccc21. The third-order valence-electron chi connectivity index (χ3n) is 4.51. The van der Waals surface area contributed by atoms with Crippen LogP contribution in [0.3, 0.4) is 0 Å². The van der Waals surface area contributed by atoms with Crippen molar-refractivity contribution in [2.75, 3.05) is 10.2 Å². The van der Waals surface area contributed by atoms with E-state index in [0.29, 0.717) is 11.6 Å². The second-order valence-corrected chi connectivity index (χ2v) is 7.25. The summed E-state index contributed by atoms with van der Waals surface area (Å²) in [6.45, 7) is 2.75. The lowest BCUT2D eigenvalue weighted by molar-refractivity contribution is -0.121. The predicted octanol–water partition coefficient (Wildman–Crippen LogP) is 3.40. The Kier molecular flexibility index (Phi) is 4.39. The van der Waals surface area contributed by atoms with E-state index < -0.39 is 6.04 Å². The maximum Gasteiger partial charge on any atom is 0.256 e. The van der Waals surface area contributed by atoms with E-state index in [-0.39, 0.29) is 18.2 Å². The quantitative estimate of drug-likeness (QED) is 0.479. The molecule has 4 rings (SSSR count). The number of carbonyl (C=O) groups excluding carboxylic acids is 2. The normalized spacial score (nSPS) is 17.3. The molecular weight excluding hydrogens is 443 g/mol. The Morgan fingerprint density at radius 2 is 1.88 bits per heavy atom. The lowest BCUT2D eigenvalue weighted by Gasteiger charge is -2.17. The van der Waals surface area contributed by atoms with E-state index in [1.165, 1.54) is 4.90 Å². The summed E-state index contributed by atoms with van der Waals surface area (Å²) in [4.78, 5) is 31.3. The topological polar surface area (TPSA) is 67.2 Å². The van der Waals surface area contributed by atoms with Crippen LogP contribution in [0.1, 0.15) is 13.3 Å². The molecule has 1 aliphatic heterocycles. The van der Waals surface area contributed by atoms with Crippen LogP contribution in [0.25, 0.3) is 11.0 Å². The number of nitrogens with zero attached hydrogens (tertiary/aromatic N) is 3. The summed E-state index contributed by atoms with van der Waals surface area (Å²) in [6, 6.07) is 14.6. The minimum absolute atomic E-state index is 0.122. The Morgan fingerprint density at radius 1 is 1.15 bits per heavy atom. The highest BCUT2D eigenvalue weighted by Gasteiger charge is 2.40. The molecule has 2 heterocycles. The molecule has 6 nitrogen and oxygen atoms in total. The van der Waals surface area contributed by atoms with Crippen molar-refractivity contribution in [1.29, 1.82) is 0 Å². The Balaban J connectivity index is 1.65. The van der Waals surface area contributed by atoms with Gasteiger partial charge in [-0.05, 0) is 53.8 Å². The van der Waals surface area contributed by atoms with Crippen LogP contribution in [0.15, 0.2) is 48.5 Å². The summed E-state index contributed by atoms with van der Waals surface area (Å²) < 4.78 is 2.88. The van der Waals surface area contributed by atoms with Crippen LogP contribution < -0.4 is 10.2 Å². The molecule has 1 fully saturated rings. The van der Waals surface area contributed by atoms with Gasteiger partial charge in [0.1, 0.15) is 6.04 Å². The van der Waals surface area contributed by atoms with Crippen LogP contribution >= 0.6 is 22.6 Å². The molecule has 2 aromatic carbocycles. The van der Waals surface area contributed by atoms with Crippen LogP contribution in [0.5, 0.6) is 0 Å². The maximum atomic E-state index is 12.9. The number of benzene rings is 2. The third-order valence-corrected chi connectivity index (χ3v) is 5.43. The average molecular weight is 460 g/mol. The fourth-order valence-electron chi connectivity index (χ4n) is 3.29. The second-order valence-electron chi connectivity index (χ2n) is 6.09. The number of halogens is 1. The summed E-state index contributed by atoms with van der Waals surface area (Å²) in [7, 11) is 0. The Bertz CT molecular complexity index is 1010. The zero-order valence-corrected chi connectivity index (χ0v) is 16.3. The molecule has 1 aliphatic rings. The van der Waals surface area contributed by atoms with Crippen molar-refractivity contribution < 1.29 is 9.59 Å². The molecule has 1 unspecified atom stereocenters. The predicted molar refractivity (Wildman–Crippen MR) is 109 cm³/mol. The summed E-state index contributed by atoms with van der Waals surface area (Å²) in [6.07, 6.45) is 0.122. The van der Waals surface area contributed by atoms with E-state index in [1.54, 1.807) is 6.07 Å². The second kappa shape index (κ2) is 6.71. The van der Waals surface area contributed by atoms with Gasteiger partial charge in [0.15, 0.2) is 0 Å². The lowest BCUT2D eigenvalue weighted by atomic mass is 10.2. The highest BCUT2D eigenvalue weighted by molar-refractivity contribution is 14.1. The zero-order valence-electron chi connectivity index (χ0n) is 14.1. The van der Waals surface area contributed by atoms with Crippen molar-refractivity contribution >= 4 is 57.1 Å². The summed E-state index contributed by atoms with van der Waals surface area (Å²) in [5.74, 6) is 0.175. The highest BCUT2D eigenvalue weighted by Crippen LogP contribution is 2.29. The number of hydrogen-bond donors (Lipinski definition) is 1. The first kappa shape index (κ1) is 17.0. The molecule has 132 valence electrons.